The third-order valence-electron chi connectivity index (χ3n) is 3.12. The Labute approximate surface area is 109 Å². The largest absolute Gasteiger partial charge is 0.342 e. The minimum absolute atomic E-state index is 0.768. The van der Waals surface area contributed by atoms with E-state index in [1.807, 2.05) is 11.7 Å². The lowest BCUT2D eigenvalue weighted by molar-refractivity contribution is 0.708. The first-order valence-electron chi connectivity index (χ1n) is 5.85. The van der Waals surface area contributed by atoms with E-state index in [0.29, 0.717) is 0 Å². The van der Waals surface area contributed by atoms with Gasteiger partial charge in [0, 0.05) is 17.5 Å². The van der Waals surface area contributed by atoms with Gasteiger partial charge in [-0.15, -0.1) is 11.3 Å². The van der Waals surface area contributed by atoms with Gasteiger partial charge in [-0.3, -0.25) is 4.98 Å². The Bertz CT molecular complexity index is 572. The van der Waals surface area contributed by atoms with Crippen molar-refractivity contribution < 1.29 is 0 Å². The molecule has 0 amide bonds. The average molecular weight is 263 g/mol. The third-order valence-corrected chi connectivity index (χ3v) is 4.24. The van der Waals surface area contributed by atoms with Crippen molar-refractivity contribution in [2.75, 3.05) is 0 Å². The van der Waals surface area contributed by atoms with Crippen LogP contribution in [0.15, 0.2) is 11.7 Å². The molecule has 2 aromatic rings. The summed E-state index contributed by atoms with van der Waals surface area (Å²) in [7, 11) is 0. The molecule has 0 saturated carbocycles. The minimum atomic E-state index is 0.768. The maximum atomic E-state index is 5.41. The first-order chi connectivity index (χ1) is 8.34. The Hall–Kier alpha value is -1.07. The molecule has 17 heavy (non-hydrogen) atoms. The minimum Gasteiger partial charge on any atom is -0.342 e. The van der Waals surface area contributed by atoms with Crippen molar-refractivity contribution >= 4 is 23.6 Å². The van der Waals surface area contributed by atoms with Crippen LogP contribution in [0.1, 0.15) is 30.5 Å². The van der Waals surface area contributed by atoms with Gasteiger partial charge in [0.25, 0.3) is 0 Å². The summed E-state index contributed by atoms with van der Waals surface area (Å²) < 4.78 is 0.768. The first-order valence-corrected chi connectivity index (χ1v) is 7.14. The van der Waals surface area contributed by atoms with Gasteiger partial charge in [-0.25, -0.2) is 4.98 Å². The maximum absolute atomic E-state index is 5.41. The van der Waals surface area contributed by atoms with Crippen molar-refractivity contribution in [1.82, 2.24) is 15.0 Å². The van der Waals surface area contributed by atoms with Gasteiger partial charge in [-0.2, -0.15) is 0 Å². The normalized spacial score (nSPS) is 15.3. The van der Waals surface area contributed by atoms with Crippen molar-refractivity contribution in [2.45, 2.75) is 32.1 Å². The molecule has 0 radical (unpaired) electrons. The highest BCUT2D eigenvalue weighted by atomic mass is 32.1. The molecule has 1 aliphatic rings. The number of aryl methyl sites for hydroxylation is 1. The van der Waals surface area contributed by atoms with E-state index in [1.165, 1.54) is 30.5 Å². The van der Waals surface area contributed by atoms with Crippen LogP contribution < -0.4 is 0 Å². The van der Waals surface area contributed by atoms with Gasteiger partial charge in [0.05, 0.1) is 10.4 Å². The molecule has 0 aromatic carbocycles. The predicted molar refractivity (Wildman–Crippen MR) is 71.8 cm³/mol. The molecule has 0 spiro atoms. The number of fused-ring (bicyclic) bond motifs is 1. The Morgan fingerprint density at radius 1 is 1.24 bits per heavy atom. The molecule has 88 valence electrons. The average Bonchev–Trinajstić information content (AvgIpc) is 2.75. The molecule has 2 heterocycles. The van der Waals surface area contributed by atoms with Gasteiger partial charge in [-0.1, -0.05) is 18.6 Å². The summed E-state index contributed by atoms with van der Waals surface area (Å²) in [4.78, 5) is 13.1. The summed E-state index contributed by atoms with van der Waals surface area (Å²) in [5.74, 6) is 0.873. The van der Waals surface area contributed by atoms with Crippen LogP contribution in [-0.2, 0) is 12.8 Å². The second-order valence-electron chi connectivity index (χ2n) is 4.27. The van der Waals surface area contributed by atoms with Crippen LogP contribution in [0.4, 0.5) is 0 Å². The Balaban J connectivity index is 2.12. The number of aromatic nitrogens is 3. The van der Waals surface area contributed by atoms with Gasteiger partial charge in [0.15, 0.2) is 5.82 Å². The van der Waals surface area contributed by atoms with E-state index < -0.39 is 0 Å². The molecule has 0 bridgehead atoms. The van der Waals surface area contributed by atoms with E-state index >= 15 is 0 Å². The topological polar surface area (TPSA) is 41.6 Å². The number of H-pyrrole nitrogens is 1. The van der Waals surface area contributed by atoms with Gasteiger partial charge in [-0.05, 0) is 25.7 Å². The molecule has 1 aliphatic carbocycles. The third kappa shape index (κ3) is 2.17. The second-order valence-corrected chi connectivity index (χ2v) is 5.55. The van der Waals surface area contributed by atoms with Crippen molar-refractivity contribution in [3.8, 4) is 10.7 Å². The standard InChI is InChI=1S/C12H13N3S2/c16-12-8-4-2-1-3-5-9(8)14-11(15-12)10-6-13-7-17-10/h6-7H,1-5H2,(H,14,15,16). The van der Waals surface area contributed by atoms with Crippen LogP contribution in [0.3, 0.4) is 0 Å². The molecule has 0 unspecified atom stereocenters. The fourth-order valence-electron chi connectivity index (χ4n) is 2.25. The lowest BCUT2D eigenvalue weighted by Crippen LogP contribution is -2.01. The van der Waals surface area contributed by atoms with Crippen LogP contribution in [0.25, 0.3) is 10.7 Å². The molecule has 1 N–H and O–H groups in total. The van der Waals surface area contributed by atoms with Gasteiger partial charge in [0.1, 0.15) is 4.64 Å². The van der Waals surface area contributed by atoms with Crippen molar-refractivity contribution in [2.24, 2.45) is 0 Å². The monoisotopic (exact) mass is 263 g/mol. The summed E-state index contributed by atoms with van der Waals surface area (Å²) >= 11 is 7.00. The van der Waals surface area contributed by atoms with Crippen LogP contribution in [-0.4, -0.2) is 15.0 Å². The Morgan fingerprint density at radius 2 is 2.12 bits per heavy atom. The molecular formula is C12H13N3S2. The molecule has 0 aliphatic heterocycles. The van der Waals surface area contributed by atoms with Gasteiger partial charge >= 0.3 is 0 Å². The number of hydrogen-bond donors (Lipinski definition) is 1. The first kappa shape index (κ1) is 11.0. The SMILES string of the molecule is S=c1nc(-c2cncs2)[nH]c2c1CCCCC2. The highest BCUT2D eigenvalue weighted by molar-refractivity contribution is 7.71. The molecule has 3 rings (SSSR count). The van der Waals surface area contributed by atoms with E-state index in [2.05, 4.69) is 15.0 Å². The van der Waals surface area contributed by atoms with E-state index in [9.17, 15) is 0 Å². The summed E-state index contributed by atoms with van der Waals surface area (Å²) in [5, 5.41) is 0. The van der Waals surface area contributed by atoms with Crippen LogP contribution in [0.2, 0.25) is 0 Å². The zero-order chi connectivity index (χ0) is 11.7. The molecule has 2 aromatic heterocycles. The van der Waals surface area contributed by atoms with Crippen molar-refractivity contribution in [3.63, 3.8) is 0 Å². The molecular weight excluding hydrogens is 250 g/mol. The number of rotatable bonds is 1. The van der Waals surface area contributed by atoms with Crippen LogP contribution in [0.5, 0.6) is 0 Å². The maximum Gasteiger partial charge on any atom is 0.150 e. The Kier molecular flexibility index (Phi) is 3.03. The number of hydrogen-bond acceptors (Lipinski definition) is 4. The van der Waals surface area contributed by atoms with Crippen LogP contribution in [0, 0.1) is 4.64 Å². The molecule has 3 nitrogen and oxygen atoms in total. The van der Waals surface area contributed by atoms with Crippen molar-refractivity contribution in [1.29, 1.82) is 0 Å². The fraction of sp³-hybridized carbons (Fsp3) is 0.417. The Morgan fingerprint density at radius 3 is 2.94 bits per heavy atom. The zero-order valence-electron chi connectivity index (χ0n) is 9.40. The van der Waals surface area contributed by atoms with E-state index in [0.717, 1.165) is 28.2 Å². The molecule has 0 atom stereocenters. The molecule has 5 heteroatoms. The number of aromatic amines is 1. The lowest BCUT2D eigenvalue weighted by Gasteiger charge is -2.07. The van der Waals surface area contributed by atoms with Crippen LogP contribution >= 0.6 is 23.6 Å². The number of nitrogens with zero attached hydrogens (tertiary/aromatic N) is 2. The lowest BCUT2D eigenvalue weighted by atomic mass is 10.1. The van der Waals surface area contributed by atoms with Gasteiger partial charge < -0.3 is 4.98 Å². The summed E-state index contributed by atoms with van der Waals surface area (Å²) in [6, 6.07) is 0. The van der Waals surface area contributed by atoms with Crippen molar-refractivity contribution in [3.05, 3.63) is 27.6 Å². The predicted octanol–water partition coefficient (Wildman–Crippen LogP) is 3.53. The zero-order valence-corrected chi connectivity index (χ0v) is 11.0. The summed E-state index contributed by atoms with van der Waals surface area (Å²) in [6.07, 6.45) is 7.75. The van der Waals surface area contributed by atoms with E-state index in [-0.39, 0.29) is 0 Å². The molecule has 0 saturated heterocycles. The summed E-state index contributed by atoms with van der Waals surface area (Å²) in [5.41, 5.74) is 4.36. The highest BCUT2D eigenvalue weighted by Gasteiger charge is 2.13. The second kappa shape index (κ2) is 4.66. The highest BCUT2D eigenvalue weighted by Crippen LogP contribution is 2.24. The number of nitrogens with one attached hydrogen (secondary N) is 1. The van der Waals surface area contributed by atoms with Gasteiger partial charge in [0.2, 0.25) is 0 Å². The van der Waals surface area contributed by atoms with E-state index in [4.69, 9.17) is 12.2 Å². The number of thiazole rings is 1. The fourth-order valence-corrected chi connectivity index (χ4v) is 3.13. The smallest absolute Gasteiger partial charge is 0.150 e. The summed E-state index contributed by atoms with van der Waals surface area (Å²) in [6.45, 7) is 0. The molecule has 0 fully saturated rings. The quantitative estimate of drug-likeness (QED) is 0.632. The van der Waals surface area contributed by atoms with E-state index in [1.54, 1.807) is 11.3 Å².